The fraction of sp³-hybridized carbons (Fsp3) is 0.125. The molecule has 0 aliphatic carbocycles. The first-order valence-corrected chi connectivity index (χ1v) is 8.55. The van der Waals surface area contributed by atoms with Crippen molar-refractivity contribution in [2.45, 2.75) is 17.9 Å². The van der Waals surface area contributed by atoms with Crippen molar-refractivity contribution in [3.05, 3.63) is 63.2 Å². The number of benzene rings is 2. The molecule has 106 valence electrons. The molecule has 2 aromatic carbocycles. The highest BCUT2D eigenvalue weighted by atomic mass is 127. The first kappa shape index (κ1) is 14.6. The van der Waals surface area contributed by atoms with E-state index in [1.54, 1.807) is 11.8 Å². The Hall–Kier alpha value is -1.34. The van der Waals surface area contributed by atoms with Gasteiger partial charge in [0, 0.05) is 14.9 Å². The highest BCUT2D eigenvalue weighted by Gasteiger charge is 2.09. The number of thioether (sulfide) groups is 1. The minimum atomic E-state index is 0.568. The zero-order chi connectivity index (χ0) is 14.7. The summed E-state index contributed by atoms with van der Waals surface area (Å²) >= 11 is 3.84. The summed E-state index contributed by atoms with van der Waals surface area (Å²) in [7, 11) is 0. The number of aromatic nitrogens is 2. The number of aryl methyl sites for hydroxylation is 1. The monoisotopic (exact) mass is 408 g/mol. The molecule has 0 aliphatic rings. The highest BCUT2D eigenvalue weighted by molar-refractivity contribution is 14.1. The average Bonchev–Trinajstić information content (AvgIpc) is 2.96. The summed E-state index contributed by atoms with van der Waals surface area (Å²) in [6.45, 7) is 2.11. The lowest BCUT2D eigenvalue weighted by atomic mass is 10.1. The number of hydrogen-bond acceptors (Lipinski definition) is 4. The predicted molar refractivity (Wildman–Crippen MR) is 93.2 cm³/mol. The molecule has 0 saturated carbocycles. The van der Waals surface area contributed by atoms with Crippen molar-refractivity contribution in [3.63, 3.8) is 0 Å². The van der Waals surface area contributed by atoms with Crippen molar-refractivity contribution in [1.82, 2.24) is 10.2 Å². The highest BCUT2D eigenvalue weighted by Crippen LogP contribution is 2.26. The summed E-state index contributed by atoms with van der Waals surface area (Å²) in [5.74, 6) is 1.40. The Morgan fingerprint density at radius 3 is 2.57 bits per heavy atom. The fourth-order valence-electron chi connectivity index (χ4n) is 1.89. The van der Waals surface area contributed by atoms with Crippen LogP contribution in [-0.4, -0.2) is 10.2 Å². The van der Waals surface area contributed by atoms with Gasteiger partial charge in [-0.1, -0.05) is 36.0 Å². The van der Waals surface area contributed by atoms with Gasteiger partial charge in [-0.25, -0.2) is 0 Å². The maximum Gasteiger partial charge on any atom is 0.277 e. The summed E-state index contributed by atoms with van der Waals surface area (Å²) in [4.78, 5) is 0. The Balaban J connectivity index is 1.71. The van der Waals surface area contributed by atoms with E-state index in [9.17, 15) is 0 Å². The summed E-state index contributed by atoms with van der Waals surface area (Å²) in [5, 5.41) is 8.82. The fourth-order valence-corrected chi connectivity index (χ4v) is 3.09. The number of nitrogens with zero attached hydrogens (tertiary/aromatic N) is 2. The van der Waals surface area contributed by atoms with Gasteiger partial charge < -0.3 is 4.42 Å². The van der Waals surface area contributed by atoms with Crippen molar-refractivity contribution in [1.29, 1.82) is 0 Å². The molecule has 0 bridgehead atoms. The molecule has 0 fully saturated rings. The van der Waals surface area contributed by atoms with Crippen LogP contribution in [0, 0.1) is 10.5 Å². The average molecular weight is 408 g/mol. The minimum absolute atomic E-state index is 0.568. The smallest absolute Gasteiger partial charge is 0.277 e. The second kappa shape index (κ2) is 6.62. The Kier molecular flexibility index (Phi) is 4.60. The van der Waals surface area contributed by atoms with Gasteiger partial charge >= 0.3 is 0 Å². The molecule has 1 aromatic heterocycles. The molecule has 3 nitrogen and oxygen atoms in total. The Bertz CT molecular complexity index is 740. The first-order valence-electron chi connectivity index (χ1n) is 6.49. The van der Waals surface area contributed by atoms with E-state index in [0.29, 0.717) is 11.1 Å². The van der Waals surface area contributed by atoms with Crippen LogP contribution in [0.1, 0.15) is 11.1 Å². The van der Waals surface area contributed by atoms with Crippen LogP contribution in [0.15, 0.2) is 58.2 Å². The second-order valence-electron chi connectivity index (χ2n) is 4.60. The Morgan fingerprint density at radius 2 is 1.81 bits per heavy atom. The van der Waals surface area contributed by atoms with Crippen molar-refractivity contribution in [2.24, 2.45) is 0 Å². The van der Waals surface area contributed by atoms with Crippen molar-refractivity contribution >= 4 is 34.4 Å². The summed E-state index contributed by atoms with van der Waals surface area (Å²) in [5.41, 5.74) is 3.52. The van der Waals surface area contributed by atoms with E-state index in [-0.39, 0.29) is 0 Å². The Labute approximate surface area is 141 Å². The molecular weight excluding hydrogens is 395 g/mol. The van der Waals surface area contributed by atoms with Crippen LogP contribution in [0.5, 0.6) is 0 Å². The van der Waals surface area contributed by atoms with E-state index >= 15 is 0 Å². The standard InChI is InChI=1S/C16H13IN2OS/c1-11-4-2-3-5-13(11)10-21-16-19-18-15(20-16)12-6-8-14(17)9-7-12/h2-9H,10H2,1H3. The molecule has 0 atom stereocenters. The summed E-state index contributed by atoms with van der Waals surface area (Å²) in [6.07, 6.45) is 0. The topological polar surface area (TPSA) is 38.9 Å². The van der Waals surface area contributed by atoms with Gasteiger partial charge in [-0.3, -0.25) is 0 Å². The van der Waals surface area contributed by atoms with E-state index in [2.05, 4.69) is 51.8 Å². The lowest BCUT2D eigenvalue weighted by Crippen LogP contribution is -1.85. The lowest BCUT2D eigenvalue weighted by Gasteiger charge is -2.02. The third-order valence-corrected chi connectivity index (χ3v) is 4.70. The van der Waals surface area contributed by atoms with Crippen LogP contribution in [-0.2, 0) is 5.75 Å². The minimum Gasteiger partial charge on any atom is -0.411 e. The second-order valence-corrected chi connectivity index (χ2v) is 6.77. The van der Waals surface area contributed by atoms with Gasteiger partial charge in [0.25, 0.3) is 5.22 Å². The van der Waals surface area contributed by atoms with Crippen molar-refractivity contribution in [3.8, 4) is 11.5 Å². The third kappa shape index (κ3) is 3.65. The maximum absolute atomic E-state index is 5.71. The van der Waals surface area contributed by atoms with Gasteiger partial charge in [-0.2, -0.15) is 0 Å². The zero-order valence-corrected chi connectivity index (χ0v) is 14.4. The Morgan fingerprint density at radius 1 is 1.05 bits per heavy atom. The van der Waals surface area contributed by atoms with E-state index in [1.807, 2.05) is 36.4 Å². The lowest BCUT2D eigenvalue weighted by molar-refractivity contribution is 0.466. The van der Waals surface area contributed by atoms with Gasteiger partial charge in [0.15, 0.2) is 0 Å². The molecule has 1 heterocycles. The molecule has 0 unspecified atom stereocenters. The van der Waals surface area contributed by atoms with E-state index < -0.39 is 0 Å². The van der Waals surface area contributed by atoms with Gasteiger partial charge in [-0.05, 0) is 64.9 Å². The number of hydrogen-bond donors (Lipinski definition) is 0. The van der Waals surface area contributed by atoms with Crippen LogP contribution < -0.4 is 0 Å². The third-order valence-electron chi connectivity index (χ3n) is 3.11. The van der Waals surface area contributed by atoms with Crippen molar-refractivity contribution in [2.75, 3.05) is 0 Å². The molecule has 5 heteroatoms. The molecule has 0 N–H and O–H groups in total. The first-order chi connectivity index (χ1) is 10.2. The molecule has 0 amide bonds. The van der Waals surface area contributed by atoms with E-state index in [0.717, 1.165) is 11.3 Å². The van der Waals surface area contributed by atoms with Crippen LogP contribution >= 0.6 is 34.4 Å². The van der Waals surface area contributed by atoms with Crippen LogP contribution in [0.4, 0.5) is 0 Å². The maximum atomic E-state index is 5.71. The summed E-state index contributed by atoms with van der Waals surface area (Å²) < 4.78 is 6.89. The molecule has 3 aromatic rings. The SMILES string of the molecule is Cc1ccccc1CSc1nnc(-c2ccc(I)cc2)o1. The summed E-state index contributed by atoms with van der Waals surface area (Å²) in [6, 6.07) is 16.4. The molecule has 3 rings (SSSR count). The predicted octanol–water partition coefficient (Wildman–Crippen LogP) is 4.94. The van der Waals surface area contributed by atoms with Gasteiger partial charge in [0.1, 0.15) is 0 Å². The molecule has 0 saturated heterocycles. The van der Waals surface area contributed by atoms with Gasteiger partial charge in [-0.15, -0.1) is 10.2 Å². The quantitative estimate of drug-likeness (QED) is 0.453. The zero-order valence-electron chi connectivity index (χ0n) is 11.4. The van der Waals surface area contributed by atoms with Crippen LogP contribution in [0.25, 0.3) is 11.5 Å². The normalized spacial score (nSPS) is 10.8. The largest absolute Gasteiger partial charge is 0.411 e. The van der Waals surface area contributed by atoms with E-state index in [4.69, 9.17) is 4.42 Å². The van der Waals surface area contributed by atoms with E-state index in [1.165, 1.54) is 14.7 Å². The van der Waals surface area contributed by atoms with Gasteiger partial charge in [0.05, 0.1) is 0 Å². The van der Waals surface area contributed by atoms with Gasteiger partial charge in [0.2, 0.25) is 5.89 Å². The molecule has 0 spiro atoms. The van der Waals surface area contributed by atoms with Crippen LogP contribution in [0.2, 0.25) is 0 Å². The number of rotatable bonds is 4. The van der Waals surface area contributed by atoms with Crippen molar-refractivity contribution < 1.29 is 4.42 Å². The van der Waals surface area contributed by atoms with Crippen LogP contribution in [0.3, 0.4) is 0 Å². The number of halogens is 1. The molecule has 21 heavy (non-hydrogen) atoms. The molecular formula is C16H13IN2OS. The molecule has 0 radical (unpaired) electrons. The molecule has 0 aliphatic heterocycles.